The fourth-order valence-corrected chi connectivity index (χ4v) is 5.28. The number of aryl methyl sites for hydroxylation is 1. The number of rotatable bonds is 13. The molecule has 2 aromatic carbocycles. The summed E-state index contributed by atoms with van der Waals surface area (Å²) >= 11 is 6.14. The van der Waals surface area contributed by atoms with Crippen LogP contribution in [-0.2, 0) is 24.3 Å². The minimum atomic E-state index is -0.783. The number of aromatic nitrogens is 1. The number of aliphatic carboxylic acids is 1. The van der Waals surface area contributed by atoms with E-state index in [-0.39, 0.29) is 17.8 Å². The quantitative estimate of drug-likeness (QED) is 0.252. The Bertz CT molecular complexity index is 1200. The fraction of sp³-hybridized carbons (Fsp3) is 0.414. The van der Waals surface area contributed by atoms with E-state index in [1.54, 1.807) is 0 Å². The highest BCUT2D eigenvalue weighted by molar-refractivity contribution is 6.30. The van der Waals surface area contributed by atoms with Crippen molar-refractivity contribution in [1.82, 2.24) is 9.47 Å². The number of carboxylic acids is 1. The van der Waals surface area contributed by atoms with E-state index in [4.69, 9.17) is 16.3 Å². The van der Waals surface area contributed by atoms with E-state index in [9.17, 15) is 20.1 Å². The molecule has 0 radical (unpaired) electrons. The summed E-state index contributed by atoms with van der Waals surface area (Å²) in [4.78, 5) is 14.7. The highest BCUT2D eigenvalue weighted by Crippen LogP contribution is 2.58. The van der Waals surface area contributed by atoms with Crippen LogP contribution in [0.3, 0.4) is 0 Å². The van der Waals surface area contributed by atoms with Gasteiger partial charge in [-0.25, -0.2) is 0 Å². The molecule has 0 amide bonds. The molecule has 7 nitrogen and oxygen atoms in total. The van der Waals surface area contributed by atoms with Crippen LogP contribution < -0.4 is 4.74 Å². The number of ether oxygens (including phenoxy) is 1. The van der Waals surface area contributed by atoms with Gasteiger partial charge in [-0.15, -0.1) is 0 Å². The molecule has 1 aliphatic carbocycles. The predicted octanol–water partition coefficient (Wildman–Crippen LogP) is 6.01. The smallest absolute Gasteiger partial charge is 0.311 e. The molecule has 3 N–H and O–H groups in total. The Balaban J connectivity index is 1.55. The zero-order valence-electron chi connectivity index (χ0n) is 21.4. The van der Waals surface area contributed by atoms with Gasteiger partial charge in [-0.1, -0.05) is 49.7 Å². The van der Waals surface area contributed by atoms with Crippen LogP contribution in [0, 0.1) is 5.41 Å². The van der Waals surface area contributed by atoms with Crippen LogP contribution >= 0.6 is 11.6 Å². The topological polar surface area (TPSA) is 95.2 Å². The van der Waals surface area contributed by atoms with Crippen molar-refractivity contribution in [1.29, 1.82) is 0 Å². The fourth-order valence-electron chi connectivity index (χ4n) is 5.16. The van der Waals surface area contributed by atoms with Crippen LogP contribution in [-0.4, -0.2) is 43.9 Å². The van der Waals surface area contributed by atoms with Crippen molar-refractivity contribution in [2.75, 3.05) is 13.2 Å². The van der Waals surface area contributed by atoms with Crippen molar-refractivity contribution in [2.45, 2.75) is 58.7 Å². The molecule has 1 aromatic heterocycles. The van der Waals surface area contributed by atoms with E-state index in [1.165, 1.54) is 16.7 Å². The Morgan fingerprint density at radius 3 is 2.32 bits per heavy atom. The van der Waals surface area contributed by atoms with Gasteiger partial charge in [-0.2, -0.15) is 0 Å². The van der Waals surface area contributed by atoms with E-state index < -0.39 is 11.4 Å². The highest BCUT2D eigenvalue weighted by atomic mass is 35.5. The molecule has 4 rings (SSSR count). The molecular weight excluding hydrogens is 492 g/mol. The van der Waals surface area contributed by atoms with E-state index in [0.29, 0.717) is 37.6 Å². The normalized spacial score (nSPS) is 15.0. The number of aromatic hydroxyl groups is 2. The van der Waals surface area contributed by atoms with E-state index in [0.717, 1.165) is 41.8 Å². The van der Waals surface area contributed by atoms with Gasteiger partial charge in [-0.05, 0) is 67.1 Å². The Morgan fingerprint density at radius 1 is 1.08 bits per heavy atom. The maximum atomic E-state index is 12.4. The van der Waals surface area contributed by atoms with Gasteiger partial charge in [0.2, 0.25) is 0 Å². The first-order valence-corrected chi connectivity index (χ1v) is 13.2. The molecule has 37 heavy (non-hydrogen) atoms. The zero-order valence-corrected chi connectivity index (χ0v) is 22.1. The van der Waals surface area contributed by atoms with Gasteiger partial charge in [0, 0.05) is 23.7 Å². The third kappa shape index (κ3) is 5.89. The van der Waals surface area contributed by atoms with Crippen LogP contribution in [0.4, 0.5) is 0 Å². The van der Waals surface area contributed by atoms with Gasteiger partial charge in [0.15, 0.2) is 11.8 Å². The van der Waals surface area contributed by atoms with E-state index >= 15 is 0 Å². The lowest BCUT2D eigenvalue weighted by Crippen LogP contribution is -2.38. The number of hydrogen-bond donors (Lipinski definition) is 3. The Hall–Kier alpha value is -3.16. The standard InChI is InChI=1S/C29H35ClN2O5/c1-3-15-31(27(29(13-14-29)28(35)36)22-6-8-23(30)9-7-22)19-20-5-10-24(21(4-2)18-20)37-17-16-32-25(33)11-12-26(32)34/h5-12,18,27,33-34H,3-4,13-17,19H2,1-2H3,(H,35,36). The van der Waals surface area contributed by atoms with Crippen molar-refractivity contribution in [2.24, 2.45) is 5.41 Å². The average molecular weight is 527 g/mol. The van der Waals surface area contributed by atoms with Gasteiger partial charge >= 0.3 is 5.97 Å². The average Bonchev–Trinajstić information content (AvgIpc) is 3.62. The van der Waals surface area contributed by atoms with Gasteiger partial charge in [-0.3, -0.25) is 14.3 Å². The summed E-state index contributed by atoms with van der Waals surface area (Å²) in [6.07, 6.45) is 3.00. The van der Waals surface area contributed by atoms with Crippen LogP contribution in [0.1, 0.15) is 55.8 Å². The van der Waals surface area contributed by atoms with Gasteiger partial charge in [0.1, 0.15) is 12.4 Å². The van der Waals surface area contributed by atoms with Crippen molar-refractivity contribution < 1.29 is 24.9 Å². The van der Waals surface area contributed by atoms with Crippen LogP contribution in [0.2, 0.25) is 5.02 Å². The largest absolute Gasteiger partial charge is 0.494 e. The molecule has 1 saturated carbocycles. The number of hydrogen-bond acceptors (Lipinski definition) is 5. The summed E-state index contributed by atoms with van der Waals surface area (Å²) in [7, 11) is 0. The number of benzene rings is 2. The molecule has 0 spiro atoms. The molecule has 0 saturated heterocycles. The summed E-state index contributed by atoms with van der Waals surface area (Å²) in [5.74, 6) is 0.00521. The number of carbonyl (C=O) groups is 1. The summed E-state index contributed by atoms with van der Waals surface area (Å²) in [6, 6.07) is 16.3. The van der Waals surface area contributed by atoms with E-state index in [1.807, 2.05) is 36.4 Å². The Kier molecular flexibility index (Phi) is 8.35. The predicted molar refractivity (Wildman–Crippen MR) is 143 cm³/mol. The third-order valence-corrected chi connectivity index (χ3v) is 7.45. The number of carboxylic acid groups (broad SMARTS) is 1. The summed E-state index contributed by atoms with van der Waals surface area (Å²) in [5, 5.41) is 30.5. The van der Waals surface area contributed by atoms with Crippen molar-refractivity contribution in [3.63, 3.8) is 0 Å². The van der Waals surface area contributed by atoms with Crippen molar-refractivity contribution in [3.05, 3.63) is 76.3 Å². The molecule has 1 aliphatic rings. The lowest BCUT2D eigenvalue weighted by Gasteiger charge is -2.36. The first kappa shape index (κ1) is 26.9. The second-order valence-corrected chi connectivity index (χ2v) is 10.2. The molecule has 8 heteroatoms. The second-order valence-electron chi connectivity index (χ2n) is 9.73. The van der Waals surface area contributed by atoms with E-state index in [2.05, 4.69) is 24.8 Å². The molecule has 3 aromatic rings. The minimum Gasteiger partial charge on any atom is -0.494 e. The minimum absolute atomic E-state index is 0.00628. The van der Waals surface area contributed by atoms with Crippen LogP contribution in [0.15, 0.2) is 54.6 Å². The first-order valence-electron chi connectivity index (χ1n) is 12.8. The monoisotopic (exact) mass is 526 g/mol. The lowest BCUT2D eigenvalue weighted by molar-refractivity contribution is -0.146. The number of nitrogens with zero attached hydrogens (tertiary/aromatic N) is 2. The molecule has 0 bridgehead atoms. The lowest BCUT2D eigenvalue weighted by atomic mass is 9.88. The SMILES string of the molecule is CCCN(Cc1ccc(OCCn2c(O)ccc2O)c(CC)c1)C(c1ccc(Cl)cc1)C1(C(=O)O)CC1. The van der Waals surface area contributed by atoms with Gasteiger partial charge in [0.05, 0.1) is 18.0 Å². The zero-order chi connectivity index (χ0) is 26.6. The highest BCUT2D eigenvalue weighted by Gasteiger charge is 2.58. The summed E-state index contributed by atoms with van der Waals surface area (Å²) < 4.78 is 7.38. The molecule has 1 heterocycles. The molecule has 1 fully saturated rings. The maximum absolute atomic E-state index is 12.4. The summed E-state index contributed by atoms with van der Waals surface area (Å²) in [6.45, 7) is 6.19. The Morgan fingerprint density at radius 2 is 1.76 bits per heavy atom. The van der Waals surface area contributed by atoms with Gasteiger partial charge in [0.25, 0.3) is 0 Å². The molecule has 0 aliphatic heterocycles. The van der Waals surface area contributed by atoms with Gasteiger partial charge < -0.3 is 20.1 Å². The molecule has 1 atom stereocenters. The molecule has 1 unspecified atom stereocenters. The van der Waals surface area contributed by atoms with Crippen LogP contribution in [0.5, 0.6) is 17.5 Å². The summed E-state index contributed by atoms with van der Waals surface area (Å²) in [5.41, 5.74) is 2.34. The first-order chi connectivity index (χ1) is 17.8. The third-order valence-electron chi connectivity index (χ3n) is 7.20. The Labute approximate surface area is 222 Å². The second kappa shape index (κ2) is 11.5. The van der Waals surface area contributed by atoms with Crippen molar-refractivity contribution >= 4 is 17.6 Å². The maximum Gasteiger partial charge on any atom is 0.311 e. The number of halogens is 1. The molecule has 198 valence electrons. The molecular formula is C29H35ClN2O5. The van der Waals surface area contributed by atoms with Crippen molar-refractivity contribution in [3.8, 4) is 17.5 Å². The van der Waals surface area contributed by atoms with Crippen LogP contribution in [0.25, 0.3) is 0 Å².